The van der Waals surface area contributed by atoms with Crippen molar-refractivity contribution in [3.8, 4) is 5.69 Å². The van der Waals surface area contributed by atoms with E-state index in [1.165, 1.54) is 0 Å². The summed E-state index contributed by atoms with van der Waals surface area (Å²) in [5, 5.41) is 16.9. The average molecular weight is 398 g/mol. The van der Waals surface area contributed by atoms with Crippen LogP contribution in [0, 0.1) is 13.8 Å². The third-order valence-corrected chi connectivity index (χ3v) is 4.86. The summed E-state index contributed by atoms with van der Waals surface area (Å²) in [5.41, 5.74) is 3.19. The number of rotatable bonds is 7. The number of aromatic nitrogens is 2. The number of aliphatic carboxylic acids is 1. The number of hydrogen-bond acceptors (Lipinski definition) is 3. The first-order valence-corrected chi connectivity index (χ1v) is 8.96. The fourth-order valence-electron chi connectivity index (χ4n) is 2.70. The Labute approximate surface area is 162 Å². The molecule has 2 aromatic rings. The number of nitrogens with one attached hydrogen (secondary N) is 1. The molecule has 0 aliphatic rings. The normalized spacial score (nSPS) is 12.0. The van der Waals surface area contributed by atoms with Crippen molar-refractivity contribution in [3.63, 3.8) is 0 Å². The van der Waals surface area contributed by atoms with Gasteiger partial charge >= 0.3 is 5.97 Å². The van der Waals surface area contributed by atoms with Crippen molar-refractivity contribution in [1.29, 1.82) is 0 Å². The Hall–Kier alpha value is -2.05. The van der Waals surface area contributed by atoms with Crippen LogP contribution in [0.3, 0.4) is 0 Å². The fourth-order valence-corrected chi connectivity index (χ4v) is 2.99. The predicted octanol–water partition coefficient (Wildman–Crippen LogP) is 3.71. The van der Waals surface area contributed by atoms with Crippen molar-refractivity contribution in [1.82, 2.24) is 15.1 Å². The lowest BCUT2D eigenvalue weighted by Crippen LogP contribution is -2.34. The number of carboxylic acids is 1. The zero-order valence-corrected chi connectivity index (χ0v) is 16.4. The molecule has 1 unspecified atom stereocenters. The van der Waals surface area contributed by atoms with E-state index < -0.39 is 5.97 Å². The number of nitrogens with zero attached hydrogens (tertiary/aromatic N) is 2. The molecular formula is C18H21Cl2N3O3. The van der Waals surface area contributed by atoms with Gasteiger partial charge in [0.15, 0.2) is 0 Å². The van der Waals surface area contributed by atoms with Crippen molar-refractivity contribution < 1.29 is 14.7 Å². The summed E-state index contributed by atoms with van der Waals surface area (Å²) in [5.74, 6) is -1.04. The zero-order valence-electron chi connectivity index (χ0n) is 14.8. The zero-order chi connectivity index (χ0) is 19.4. The van der Waals surface area contributed by atoms with E-state index in [9.17, 15) is 9.59 Å². The second-order valence-electron chi connectivity index (χ2n) is 6.24. The van der Waals surface area contributed by atoms with Crippen molar-refractivity contribution >= 4 is 35.1 Å². The summed E-state index contributed by atoms with van der Waals surface area (Å²) >= 11 is 12.0. The highest BCUT2D eigenvalue weighted by Gasteiger charge is 2.17. The van der Waals surface area contributed by atoms with Crippen LogP contribution in [-0.4, -0.2) is 32.8 Å². The molecule has 1 aromatic carbocycles. The van der Waals surface area contributed by atoms with Crippen molar-refractivity contribution in [2.75, 3.05) is 0 Å². The monoisotopic (exact) mass is 397 g/mol. The van der Waals surface area contributed by atoms with Crippen molar-refractivity contribution in [2.24, 2.45) is 0 Å². The van der Waals surface area contributed by atoms with Crippen LogP contribution in [0.25, 0.3) is 5.69 Å². The molecule has 0 bridgehead atoms. The van der Waals surface area contributed by atoms with E-state index in [0.717, 1.165) is 22.6 Å². The molecule has 2 rings (SSSR count). The van der Waals surface area contributed by atoms with Gasteiger partial charge in [-0.05, 0) is 45.4 Å². The molecule has 6 nitrogen and oxygen atoms in total. The van der Waals surface area contributed by atoms with Crippen LogP contribution < -0.4 is 5.32 Å². The van der Waals surface area contributed by atoms with Gasteiger partial charge in [0.25, 0.3) is 0 Å². The molecule has 8 heteroatoms. The number of carbonyl (C=O) groups excluding carboxylic acids is 1. The summed E-state index contributed by atoms with van der Waals surface area (Å²) in [4.78, 5) is 22.9. The molecule has 140 valence electrons. The number of carboxylic acid groups (broad SMARTS) is 1. The van der Waals surface area contributed by atoms with Crippen LogP contribution in [0.15, 0.2) is 18.2 Å². The molecule has 1 amide bonds. The number of hydrogen-bond donors (Lipinski definition) is 2. The molecule has 26 heavy (non-hydrogen) atoms. The Bertz CT molecular complexity index is 833. The molecule has 0 saturated heterocycles. The first-order valence-electron chi connectivity index (χ1n) is 8.20. The predicted molar refractivity (Wildman–Crippen MR) is 101 cm³/mol. The van der Waals surface area contributed by atoms with Gasteiger partial charge in [-0.15, -0.1) is 0 Å². The molecule has 0 aliphatic carbocycles. The van der Waals surface area contributed by atoms with E-state index in [4.69, 9.17) is 28.3 Å². The maximum atomic E-state index is 12.3. The highest BCUT2D eigenvalue weighted by atomic mass is 35.5. The second kappa shape index (κ2) is 8.56. The molecule has 0 saturated carbocycles. The van der Waals surface area contributed by atoms with Gasteiger partial charge in [-0.2, -0.15) is 5.10 Å². The summed E-state index contributed by atoms with van der Waals surface area (Å²) in [7, 11) is 0. The Morgan fingerprint density at radius 3 is 2.58 bits per heavy atom. The van der Waals surface area contributed by atoms with Gasteiger partial charge in [-0.25, -0.2) is 4.68 Å². The molecule has 2 N–H and O–H groups in total. The summed E-state index contributed by atoms with van der Waals surface area (Å²) in [6.07, 6.45) is 0.590. The Balaban J connectivity index is 2.13. The maximum absolute atomic E-state index is 12.3. The lowest BCUT2D eigenvalue weighted by Gasteiger charge is -2.13. The smallest absolute Gasteiger partial charge is 0.303 e. The van der Waals surface area contributed by atoms with Crippen LogP contribution in [-0.2, 0) is 16.0 Å². The van der Waals surface area contributed by atoms with E-state index in [2.05, 4.69) is 10.4 Å². The van der Waals surface area contributed by atoms with Crippen molar-refractivity contribution in [3.05, 3.63) is 45.2 Å². The van der Waals surface area contributed by atoms with Crippen LogP contribution in [0.2, 0.25) is 10.0 Å². The lowest BCUT2D eigenvalue weighted by atomic mass is 10.1. The number of benzene rings is 1. The third-order valence-electron chi connectivity index (χ3n) is 4.12. The SMILES string of the molecule is Cc1nn(-c2ccc(Cl)c(Cl)c2)c(C)c1CC(=O)NC(C)CCC(=O)O. The minimum Gasteiger partial charge on any atom is -0.481 e. The quantitative estimate of drug-likeness (QED) is 0.745. The van der Waals surface area contributed by atoms with Gasteiger partial charge in [0.05, 0.1) is 27.8 Å². The molecular weight excluding hydrogens is 377 g/mol. The minimum absolute atomic E-state index is 0.0226. The first kappa shape index (κ1) is 20.3. The Morgan fingerprint density at radius 2 is 1.96 bits per heavy atom. The van der Waals surface area contributed by atoms with E-state index in [-0.39, 0.29) is 24.8 Å². The van der Waals surface area contributed by atoms with Crippen molar-refractivity contribution in [2.45, 2.75) is 46.1 Å². The largest absolute Gasteiger partial charge is 0.481 e. The number of amides is 1. The van der Waals surface area contributed by atoms with Gasteiger partial charge < -0.3 is 10.4 Å². The third kappa shape index (κ3) is 4.99. The molecule has 1 aromatic heterocycles. The highest BCUT2D eigenvalue weighted by Crippen LogP contribution is 2.26. The summed E-state index contributed by atoms with van der Waals surface area (Å²) in [6, 6.07) is 5.03. The first-order chi connectivity index (χ1) is 12.2. The van der Waals surface area contributed by atoms with Crippen LogP contribution >= 0.6 is 23.2 Å². The van der Waals surface area contributed by atoms with E-state index in [1.54, 1.807) is 23.7 Å². The fraction of sp³-hybridized carbons (Fsp3) is 0.389. The standard InChI is InChI=1S/C18H21Cl2N3O3/c1-10(4-7-18(25)26)21-17(24)9-14-11(2)22-23(12(14)3)13-5-6-15(19)16(20)8-13/h5-6,8,10H,4,7,9H2,1-3H3,(H,21,24)(H,25,26). The Morgan fingerprint density at radius 1 is 1.27 bits per heavy atom. The minimum atomic E-state index is -0.874. The van der Waals surface area contributed by atoms with Gasteiger partial charge in [-0.1, -0.05) is 23.2 Å². The number of carbonyl (C=O) groups is 2. The van der Waals surface area contributed by atoms with Crippen LogP contribution in [0.4, 0.5) is 0 Å². The van der Waals surface area contributed by atoms with Gasteiger partial charge in [0.2, 0.25) is 5.91 Å². The summed E-state index contributed by atoms with van der Waals surface area (Å²) < 4.78 is 1.73. The van der Waals surface area contributed by atoms with Crippen LogP contribution in [0.5, 0.6) is 0 Å². The molecule has 0 spiro atoms. The summed E-state index contributed by atoms with van der Waals surface area (Å²) in [6.45, 7) is 5.52. The average Bonchev–Trinajstić information content (AvgIpc) is 2.83. The molecule has 1 heterocycles. The second-order valence-corrected chi connectivity index (χ2v) is 7.05. The molecule has 1 atom stereocenters. The molecule has 0 radical (unpaired) electrons. The van der Waals surface area contributed by atoms with E-state index in [1.807, 2.05) is 19.9 Å². The lowest BCUT2D eigenvalue weighted by molar-refractivity contribution is -0.137. The topological polar surface area (TPSA) is 84.2 Å². The number of halogens is 2. The van der Waals surface area contributed by atoms with E-state index >= 15 is 0 Å². The maximum Gasteiger partial charge on any atom is 0.303 e. The number of aryl methyl sites for hydroxylation is 1. The van der Waals surface area contributed by atoms with E-state index in [0.29, 0.717) is 16.5 Å². The highest BCUT2D eigenvalue weighted by molar-refractivity contribution is 6.42. The Kier molecular flexibility index (Phi) is 6.67. The van der Waals surface area contributed by atoms with Gasteiger partial charge in [-0.3, -0.25) is 9.59 Å². The van der Waals surface area contributed by atoms with Gasteiger partial charge in [0, 0.05) is 23.7 Å². The molecule has 0 aliphatic heterocycles. The van der Waals surface area contributed by atoms with Gasteiger partial charge in [0.1, 0.15) is 0 Å². The van der Waals surface area contributed by atoms with Crippen LogP contribution in [0.1, 0.15) is 36.7 Å². The molecule has 0 fully saturated rings.